The van der Waals surface area contributed by atoms with Crippen molar-refractivity contribution in [1.82, 2.24) is 10.2 Å². The minimum absolute atomic E-state index is 0.355. The summed E-state index contributed by atoms with van der Waals surface area (Å²) in [5.74, 6) is -1.03. The summed E-state index contributed by atoms with van der Waals surface area (Å²) in [6, 6.07) is -1.29. The van der Waals surface area contributed by atoms with Crippen molar-refractivity contribution in [3.05, 3.63) is 0 Å². The average Bonchev–Trinajstić information content (AvgIpc) is 2.24. The second-order valence-electron chi connectivity index (χ2n) is 5.80. The predicted octanol–water partition coefficient (Wildman–Crippen LogP) is 0.652. The number of carbonyl (C=O) groups is 2. The van der Waals surface area contributed by atoms with Crippen molar-refractivity contribution in [2.45, 2.75) is 45.8 Å². The lowest BCUT2D eigenvalue weighted by Crippen LogP contribution is -2.54. The van der Waals surface area contributed by atoms with Crippen LogP contribution in [0, 0.1) is 5.41 Å². The summed E-state index contributed by atoms with van der Waals surface area (Å²) in [4.78, 5) is 24.6. The molecule has 1 atom stereocenters. The molecule has 0 unspecified atom stereocenters. The molecule has 0 aromatic rings. The zero-order chi connectivity index (χ0) is 13.9. The lowest BCUT2D eigenvalue weighted by molar-refractivity contribution is -0.142. The molecule has 0 aromatic carbocycles. The number of nitrogens with one attached hydrogen (secondary N) is 1. The molecule has 2 amide bonds. The van der Waals surface area contributed by atoms with Crippen LogP contribution in [-0.4, -0.2) is 52.3 Å². The van der Waals surface area contributed by atoms with Gasteiger partial charge in [-0.05, 0) is 18.3 Å². The first kappa shape index (κ1) is 14.8. The number of amides is 2. The molecular formula is C12H22N2O4. The molecule has 6 nitrogen and oxygen atoms in total. The highest BCUT2D eigenvalue weighted by Gasteiger charge is 2.34. The van der Waals surface area contributed by atoms with E-state index in [1.54, 1.807) is 25.7 Å². The van der Waals surface area contributed by atoms with Gasteiger partial charge in [-0.1, -0.05) is 20.8 Å². The van der Waals surface area contributed by atoms with Crippen LogP contribution in [0.5, 0.6) is 0 Å². The van der Waals surface area contributed by atoms with Gasteiger partial charge in [-0.25, -0.2) is 9.59 Å². The zero-order valence-corrected chi connectivity index (χ0v) is 11.1. The van der Waals surface area contributed by atoms with Gasteiger partial charge in [-0.2, -0.15) is 0 Å². The zero-order valence-electron chi connectivity index (χ0n) is 11.1. The summed E-state index contributed by atoms with van der Waals surface area (Å²) in [7, 11) is 0. The minimum Gasteiger partial charge on any atom is -0.480 e. The third kappa shape index (κ3) is 3.87. The van der Waals surface area contributed by atoms with Gasteiger partial charge < -0.3 is 20.4 Å². The van der Waals surface area contributed by atoms with Gasteiger partial charge in [0.2, 0.25) is 0 Å². The van der Waals surface area contributed by atoms with E-state index < -0.39 is 17.4 Å². The van der Waals surface area contributed by atoms with E-state index in [2.05, 4.69) is 5.32 Å². The van der Waals surface area contributed by atoms with Crippen LogP contribution in [0.2, 0.25) is 0 Å². The molecule has 0 aromatic heterocycles. The fraction of sp³-hybridized carbons (Fsp3) is 0.833. The number of carboxylic acid groups (broad SMARTS) is 1. The first-order valence-corrected chi connectivity index (χ1v) is 6.18. The van der Waals surface area contributed by atoms with Gasteiger partial charge in [0, 0.05) is 13.1 Å². The highest BCUT2D eigenvalue weighted by atomic mass is 16.4. The van der Waals surface area contributed by atoms with Gasteiger partial charge in [0.15, 0.2) is 0 Å². The van der Waals surface area contributed by atoms with E-state index >= 15 is 0 Å². The number of hydrogen-bond donors (Lipinski definition) is 3. The maximum atomic E-state index is 11.9. The molecule has 1 saturated heterocycles. The molecular weight excluding hydrogens is 236 g/mol. The highest BCUT2D eigenvalue weighted by molar-refractivity contribution is 5.83. The van der Waals surface area contributed by atoms with Crippen LogP contribution in [0.1, 0.15) is 33.6 Å². The van der Waals surface area contributed by atoms with Crippen molar-refractivity contribution in [1.29, 1.82) is 0 Å². The number of carboxylic acids is 1. The van der Waals surface area contributed by atoms with Gasteiger partial charge in [0.1, 0.15) is 6.04 Å². The lowest BCUT2D eigenvalue weighted by Gasteiger charge is -2.33. The lowest BCUT2D eigenvalue weighted by atomic mass is 9.87. The molecule has 1 fully saturated rings. The predicted molar refractivity (Wildman–Crippen MR) is 66.2 cm³/mol. The molecule has 104 valence electrons. The van der Waals surface area contributed by atoms with Gasteiger partial charge >= 0.3 is 12.0 Å². The van der Waals surface area contributed by atoms with E-state index in [9.17, 15) is 14.7 Å². The largest absolute Gasteiger partial charge is 0.480 e. The monoisotopic (exact) mass is 258 g/mol. The molecule has 0 bridgehead atoms. The Morgan fingerprint density at radius 3 is 2.17 bits per heavy atom. The molecule has 18 heavy (non-hydrogen) atoms. The second-order valence-corrected chi connectivity index (χ2v) is 5.80. The van der Waals surface area contributed by atoms with E-state index in [-0.39, 0.29) is 12.1 Å². The number of aliphatic hydroxyl groups excluding tert-OH is 1. The number of rotatable bonds is 2. The van der Waals surface area contributed by atoms with E-state index in [0.717, 1.165) is 0 Å². The number of carbonyl (C=O) groups excluding carboxylic acids is 1. The van der Waals surface area contributed by atoms with E-state index in [1.165, 1.54) is 0 Å². The van der Waals surface area contributed by atoms with Crippen molar-refractivity contribution in [3.63, 3.8) is 0 Å². The van der Waals surface area contributed by atoms with Crippen molar-refractivity contribution >= 4 is 12.0 Å². The van der Waals surface area contributed by atoms with Gasteiger partial charge in [-0.15, -0.1) is 0 Å². The summed E-state index contributed by atoms with van der Waals surface area (Å²) in [5, 5.41) is 21.0. The Kier molecular flexibility index (Phi) is 4.56. The van der Waals surface area contributed by atoms with Crippen LogP contribution in [0.4, 0.5) is 4.79 Å². The summed E-state index contributed by atoms with van der Waals surface area (Å²) < 4.78 is 0. The molecule has 1 aliphatic rings. The fourth-order valence-electron chi connectivity index (χ4n) is 1.93. The van der Waals surface area contributed by atoms with Gasteiger partial charge in [0.25, 0.3) is 0 Å². The first-order valence-electron chi connectivity index (χ1n) is 6.18. The number of nitrogens with zero attached hydrogens (tertiary/aromatic N) is 1. The molecule has 0 aliphatic carbocycles. The van der Waals surface area contributed by atoms with E-state index in [1.807, 2.05) is 0 Å². The van der Waals surface area contributed by atoms with Crippen molar-refractivity contribution in [2.75, 3.05) is 13.1 Å². The van der Waals surface area contributed by atoms with Crippen molar-refractivity contribution in [3.8, 4) is 0 Å². The maximum Gasteiger partial charge on any atom is 0.326 e. The summed E-state index contributed by atoms with van der Waals surface area (Å²) in [6.45, 7) is 6.23. The Bertz CT molecular complexity index is 317. The Balaban J connectivity index is 2.59. The van der Waals surface area contributed by atoms with Gasteiger partial charge in [-0.3, -0.25) is 0 Å². The topological polar surface area (TPSA) is 89.9 Å². The van der Waals surface area contributed by atoms with Crippen LogP contribution in [0.25, 0.3) is 0 Å². The standard InChI is InChI=1S/C12H22N2O4/c1-12(2,3)9(10(16)17)13-11(18)14-6-4-8(15)5-7-14/h8-9,15H,4-7H2,1-3H3,(H,13,18)(H,16,17)/t9-/m1/s1. The quantitative estimate of drug-likeness (QED) is 0.678. The van der Waals surface area contributed by atoms with Crippen LogP contribution in [-0.2, 0) is 4.79 Å². The molecule has 6 heteroatoms. The maximum absolute atomic E-state index is 11.9. The number of aliphatic hydroxyl groups is 1. The Morgan fingerprint density at radius 2 is 1.78 bits per heavy atom. The molecule has 1 heterocycles. The SMILES string of the molecule is CC(C)(C)[C@H](NC(=O)N1CCC(O)CC1)C(=O)O. The third-order valence-corrected chi connectivity index (χ3v) is 3.13. The fourth-order valence-corrected chi connectivity index (χ4v) is 1.93. The van der Waals surface area contributed by atoms with Crippen LogP contribution in [0.3, 0.4) is 0 Å². The Morgan fingerprint density at radius 1 is 1.28 bits per heavy atom. The van der Waals surface area contributed by atoms with Crippen molar-refractivity contribution < 1.29 is 19.8 Å². The molecule has 1 aliphatic heterocycles. The average molecular weight is 258 g/mol. The number of piperidine rings is 1. The number of urea groups is 1. The Hall–Kier alpha value is -1.30. The smallest absolute Gasteiger partial charge is 0.326 e. The number of likely N-dealkylation sites (tertiary alicyclic amines) is 1. The normalized spacial score (nSPS) is 19.4. The summed E-state index contributed by atoms with van der Waals surface area (Å²) in [6.07, 6.45) is 0.730. The number of aliphatic carboxylic acids is 1. The highest BCUT2D eigenvalue weighted by Crippen LogP contribution is 2.20. The Labute approximate surface area is 107 Å². The van der Waals surface area contributed by atoms with Crippen LogP contribution >= 0.6 is 0 Å². The van der Waals surface area contributed by atoms with Crippen molar-refractivity contribution in [2.24, 2.45) is 5.41 Å². The minimum atomic E-state index is -1.03. The molecule has 0 saturated carbocycles. The molecule has 0 radical (unpaired) electrons. The van der Waals surface area contributed by atoms with Gasteiger partial charge in [0.05, 0.1) is 6.10 Å². The third-order valence-electron chi connectivity index (χ3n) is 3.13. The van der Waals surface area contributed by atoms with Crippen LogP contribution in [0.15, 0.2) is 0 Å². The number of hydrogen-bond acceptors (Lipinski definition) is 3. The van der Waals surface area contributed by atoms with Crippen LogP contribution < -0.4 is 5.32 Å². The molecule has 3 N–H and O–H groups in total. The second kappa shape index (κ2) is 5.56. The molecule has 0 spiro atoms. The first-order chi connectivity index (χ1) is 8.21. The molecule has 1 rings (SSSR count). The van der Waals surface area contributed by atoms with E-state index in [0.29, 0.717) is 25.9 Å². The summed E-state index contributed by atoms with van der Waals surface area (Å²) in [5.41, 5.74) is -0.545. The van der Waals surface area contributed by atoms with E-state index in [4.69, 9.17) is 5.11 Å². The summed E-state index contributed by atoms with van der Waals surface area (Å²) >= 11 is 0.